The van der Waals surface area contributed by atoms with Gasteiger partial charge in [-0.1, -0.05) is 83.4 Å². The molecule has 32 heavy (non-hydrogen) atoms. The number of allylic oxidation sites excluding steroid dienone is 4. The molecule has 1 aliphatic heterocycles. The molecule has 3 heteroatoms. The average molecular weight is 445 g/mol. The number of fused-ring (bicyclic) bond motifs is 1. The van der Waals surface area contributed by atoms with Gasteiger partial charge in [0.2, 0.25) is 0 Å². The van der Waals surface area contributed by atoms with Crippen molar-refractivity contribution >= 4 is 6.79 Å². The molecule has 0 bridgehead atoms. The summed E-state index contributed by atoms with van der Waals surface area (Å²) in [5.74, 6) is 0.918. The largest absolute Gasteiger partial charge is 0.497 e. The summed E-state index contributed by atoms with van der Waals surface area (Å²) in [6.07, 6.45) is 15.0. The highest BCUT2D eigenvalue weighted by molar-refractivity contribution is 5.40. The number of unbranched alkanes of at least 4 members (excludes halogenated alkanes) is 1. The van der Waals surface area contributed by atoms with E-state index in [4.69, 9.17) is 14.3 Å². The molecule has 2 aliphatic rings. The van der Waals surface area contributed by atoms with Crippen molar-refractivity contribution in [2.45, 2.75) is 92.6 Å². The molecule has 0 aromatic heterocycles. The number of carbonyl (C=O) groups is 1. The minimum atomic E-state index is 0.0448. The lowest BCUT2D eigenvalue weighted by molar-refractivity contribution is -0.0979. The van der Waals surface area contributed by atoms with Gasteiger partial charge in [0.15, 0.2) is 0 Å². The maximum atomic E-state index is 8.00. The van der Waals surface area contributed by atoms with Crippen LogP contribution in [0.4, 0.5) is 0 Å². The molecule has 0 spiro atoms. The van der Waals surface area contributed by atoms with Crippen LogP contribution in [0.3, 0.4) is 0 Å². The van der Waals surface area contributed by atoms with Crippen molar-refractivity contribution in [2.24, 2.45) is 0 Å². The summed E-state index contributed by atoms with van der Waals surface area (Å²) < 4.78 is 11.1. The molecule has 1 aliphatic carbocycles. The number of methoxy groups -OCH3 is 1. The van der Waals surface area contributed by atoms with Gasteiger partial charge in [-0.05, 0) is 68.4 Å². The van der Waals surface area contributed by atoms with Gasteiger partial charge in [-0.2, -0.15) is 0 Å². The van der Waals surface area contributed by atoms with Gasteiger partial charge >= 0.3 is 0 Å². The molecule has 0 fully saturated rings. The number of rotatable bonds is 3. The predicted octanol–water partition coefficient (Wildman–Crippen LogP) is 8.60. The van der Waals surface area contributed by atoms with Gasteiger partial charge in [-0.15, -0.1) is 0 Å². The zero-order chi connectivity index (χ0) is 24.8. The van der Waals surface area contributed by atoms with Crippen LogP contribution in [0.15, 0.2) is 54.2 Å². The molecule has 0 saturated carbocycles. The molecule has 182 valence electrons. The molecule has 3 rings (SSSR count). The van der Waals surface area contributed by atoms with Crippen LogP contribution in [0.2, 0.25) is 0 Å². The van der Waals surface area contributed by atoms with E-state index in [0.29, 0.717) is 0 Å². The second-order valence-corrected chi connectivity index (χ2v) is 7.95. The zero-order valence-corrected chi connectivity index (χ0v) is 21.8. The monoisotopic (exact) mass is 444 g/mol. The van der Waals surface area contributed by atoms with E-state index in [1.807, 2.05) is 19.8 Å². The van der Waals surface area contributed by atoms with E-state index in [2.05, 4.69) is 71.6 Å². The van der Waals surface area contributed by atoms with E-state index in [-0.39, 0.29) is 6.10 Å². The number of benzene rings is 1. The second kappa shape index (κ2) is 22.1. The summed E-state index contributed by atoms with van der Waals surface area (Å²) >= 11 is 0. The number of ether oxygens (including phenoxy) is 2. The van der Waals surface area contributed by atoms with Crippen molar-refractivity contribution in [3.8, 4) is 5.75 Å². The topological polar surface area (TPSA) is 35.5 Å². The van der Waals surface area contributed by atoms with Gasteiger partial charge in [0.25, 0.3) is 0 Å². The van der Waals surface area contributed by atoms with Crippen molar-refractivity contribution in [3.05, 3.63) is 65.3 Å². The number of hydrogen-bond donors (Lipinski definition) is 0. The first-order valence-electron chi connectivity index (χ1n) is 12.0. The highest BCUT2D eigenvalue weighted by Crippen LogP contribution is 2.33. The third-order valence-corrected chi connectivity index (χ3v) is 4.68. The normalized spacial score (nSPS) is 15.7. The third kappa shape index (κ3) is 14.8. The Kier molecular flexibility index (Phi) is 22.1. The summed E-state index contributed by atoms with van der Waals surface area (Å²) in [7, 11) is 1.70. The average Bonchev–Trinajstić information content (AvgIpc) is 3.04. The lowest BCUT2D eigenvalue weighted by Gasteiger charge is -2.18. The Balaban J connectivity index is 0. The predicted molar refractivity (Wildman–Crippen MR) is 141 cm³/mol. The Hall–Kier alpha value is -2.13. The van der Waals surface area contributed by atoms with Crippen LogP contribution < -0.4 is 4.74 Å². The van der Waals surface area contributed by atoms with E-state index in [1.165, 1.54) is 48.8 Å². The summed E-state index contributed by atoms with van der Waals surface area (Å²) in [4.78, 5) is 8.00. The fraction of sp³-hybridized carbons (Fsp3) is 0.552. The summed E-state index contributed by atoms with van der Waals surface area (Å²) in [5, 5.41) is 0. The summed E-state index contributed by atoms with van der Waals surface area (Å²) in [5.41, 5.74) is 5.13. The van der Waals surface area contributed by atoms with Crippen molar-refractivity contribution in [1.29, 1.82) is 0 Å². The fourth-order valence-electron chi connectivity index (χ4n) is 2.87. The van der Waals surface area contributed by atoms with E-state index in [9.17, 15) is 0 Å². The standard InChI is InChI=1S/C14H18O2.C7H10.C4H10.C3H8.CH2O/c1-10(2)14-13-7-6-12(15-3)9-11(13)5-4-8-16-14;1-7-5-3-2-4-6-7;1-3-4-2;1-3-2;1-2/h6-7,9,14H,1,4-5,8H2,2-3H3;2-3,5H,4,6H2,1H3;3-4H2,1-2H3;3H2,1-2H3;1H2. The van der Waals surface area contributed by atoms with Gasteiger partial charge in [0.05, 0.1) is 7.11 Å². The van der Waals surface area contributed by atoms with Crippen LogP contribution in [-0.2, 0) is 16.0 Å². The van der Waals surface area contributed by atoms with Crippen LogP contribution in [-0.4, -0.2) is 20.5 Å². The van der Waals surface area contributed by atoms with Crippen molar-refractivity contribution in [1.82, 2.24) is 0 Å². The molecular weight excluding hydrogens is 396 g/mol. The first kappa shape index (κ1) is 32.1. The molecule has 1 aromatic rings. The van der Waals surface area contributed by atoms with E-state index in [1.54, 1.807) is 7.11 Å². The molecule has 3 nitrogen and oxygen atoms in total. The maximum absolute atomic E-state index is 8.00. The molecule has 1 heterocycles. The Morgan fingerprint density at radius 2 is 1.75 bits per heavy atom. The maximum Gasteiger partial charge on any atom is 0.119 e. The smallest absolute Gasteiger partial charge is 0.119 e. The first-order valence-corrected chi connectivity index (χ1v) is 12.0. The Bertz CT molecular complexity index is 656. The summed E-state index contributed by atoms with van der Waals surface area (Å²) in [6, 6.07) is 6.20. The molecule has 1 unspecified atom stereocenters. The Labute approximate surface area is 198 Å². The molecule has 1 atom stereocenters. The van der Waals surface area contributed by atoms with Crippen molar-refractivity contribution in [2.75, 3.05) is 13.7 Å². The number of hydrogen-bond acceptors (Lipinski definition) is 3. The van der Waals surface area contributed by atoms with E-state index < -0.39 is 0 Å². The second-order valence-electron chi connectivity index (χ2n) is 7.95. The first-order chi connectivity index (χ1) is 15.4. The van der Waals surface area contributed by atoms with Gasteiger partial charge in [-0.3, -0.25) is 0 Å². The minimum absolute atomic E-state index is 0.0448. The molecule has 0 saturated heterocycles. The Morgan fingerprint density at radius 1 is 1.12 bits per heavy atom. The van der Waals surface area contributed by atoms with Gasteiger partial charge in [-0.25, -0.2) is 0 Å². The Morgan fingerprint density at radius 3 is 2.16 bits per heavy atom. The van der Waals surface area contributed by atoms with E-state index >= 15 is 0 Å². The highest BCUT2D eigenvalue weighted by atomic mass is 16.5. The third-order valence-electron chi connectivity index (χ3n) is 4.68. The number of aryl methyl sites for hydroxylation is 1. The van der Waals surface area contributed by atoms with Crippen molar-refractivity contribution in [3.63, 3.8) is 0 Å². The molecule has 0 radical (unpaired) electrons. The van der Waals surface area contributed by atoms with Crippen molar-refractivity contribution < 1.29 is 14.3 Å². The summed E-state index contributed by atoms with van der Waals surface area (Å²) in [6.45, 7) is 19.6. The van der Waals surface area contributed by atoms with Gasteiger partial charge < -0.3 is 14.3 Å². The SMILES string of the molecule is C=C(C)C1OCCCc2cc(OC)ccc21.C=O.CC1=CC=CCC1.CCC.CCCC. The van der Waals surface area contributed by atoms with Crippen LogP contribution in [0.25, 0.3) is 0 Å². The van der Waals surface area contributed by atoms with Crippen LogP contribution in [0.1, 0.15) is 97.3 Å². The van der Waals surface area contributed by atoms with Crippen LogP contribution in [0.5, 0.6) is 5.75 Å². The van der Waals surface area contributed by atoms with Crippen LogP contribution in [0, 0.1) is 0 Å². The minimum Gasteiger partial charge on any atom is -0.497 e. The lowest BCUT2D eigenvalue weighted by Crippen LogP contribution is -2.05. The zero-order valence-electron chi connectivity index (χ0n) is 21.8. The highest BCUT2D eigenvalue weighted by Gasteiger charge is 2.20. The van der Waals surface area contributed by atoms with Gasteiger partial charge in [0.1, 0.15) is 18.6 Å². The molecule has 0 N–H and O–H groups in total. The fourth-order valence-corrected chi connectivity index (χ4v) is 2.87. The molecular formula is C29H48O3. The lowest BCUT2D eigenvalue weighted by atomic mass is 9.96. The van der Waals surface area contributed by atoms with Crippen LogP contribution >= 0.6 is 0 Å². The van der Waals surface area contributed by atoms with E-state index in [0.717, 1.165) is 30.8 Å². The number of carbonyl (C=O) groups excluding carboxylic acids is 1. The molecule has 1 aromatic carbocycles. The van der Waals surface area contributed by atoms with Gasteiger partial charge in [0, 0.05) is 6.61 Å². The quantitative estimate of drug-likeness (QED) is 0.438. The molecule has 0 amide bonds.